The second-order valence-corrected chi connectivity index (χ2v) is 7.79. The molecule has 0 bridgehead atoms. The Morgan fingerprint density at radius 2 is 1.90 bits per heavy atom. The zero-order valence-corrected chi connectivity index (χ0v) is 18.0. The van der Waals surface area contributed by atoms with E-state index in [1.807, 2.05) is 61.5 Å². The van der Waals surface area contributed by atoms with E-state index >= 15 is 0 Å². The average molecular weight is 415 g/mol. The molecule has 0 radical (unpaired) electrons. The van der Waals surface area contributed by atoms with Crippen LogP contribution in [0.4, 0.5) is 5.69 Å². The predicted molar refractivity (Wildman–Crippen MR) is 123 cm³/mol. The SMILES string of the molecule is CC[C@@H](C)c1ccc2oc(-c3ccc(NC(=O)COc4cccc(C)c4)cc3)nc2c1. The molecule has 4 aromatic rings. The molecule has 0 saturated carbocycles. The Balaban J connectivity index is 1.41. The monoisotopic (exact) mass is 414 g/mol. The number of carbonyl (C=O) groups excluding carboxylic acids is 1. The number of amides is 1. The van der Waals surface area contributed by atoms with Gasteiger partial charge < -0.3 is 14.5 Å². The fourth-order valence-corrected chi connectivity index (χ4v) is 3.36. The third-order valence-corrected chi connectivity index (χ3v) is 5.37. The number of oxazole rings is 1. The number of benzene rings is 3. The lowest BCUT2D eigenvalue weighted by molar-refractivity contribution is -0.118. The lowest BCUT2D eigenvalue weighted by atomic mass is 9.98. The van der Waals surface area contributed by atoms with Gasteiger partial charge in [0.05, 0.1) is 0 Å². The Bertz CT molecular complexity index is 1190. The molecule has 0 spiro atoms. The van der Waals surface area contributed by atoms with Gasteiger partial charge >= 0.3 is 0 Å². The van der Waals surface area contributed by atoms with Gasteiger partial charge in [0.25, 0.3) is 5.91 Å². The molecule has 0 aliphatic heterocycles. The van der Waals surface area contributed by atoms with E-state index in [-0.39, 0.29) is 12.5 Å². The van der Waals surface area contributed by atoms with Gasteiger partial charge in [-0.15, -0.1) is 0 Å². The summed E-state index contributed by atoms with van der Waals surface area (Å²) < 4.78 is 11.5. The molecule has 0 fully saturated rings. The van der Waals surface area contributed by atoms with Crippen molar-refractivity contribution in [3.05, 3.63) is 77.9 Å². The van der Waals surface area contributed by atoms with E-state index in [1.54, 1.807) is 0 Å². The zero-order valence-electron chi connectivity index (χ0n) is 18.0. The van der Waals surface area contributed by atoms with Crippen molar-refractivity contribution in [1.82, 2.24) is 4.98 Å². The van der Waals surface area contributed by atoms with Gasteiger partial charge in [-0.25, -0.2) is 4.98 Å². The number of aryl methyl sites for hydroxylation is 1. The van der Waals surface area contributed by atoms with Crippen molar-refractivity contribution < 1.29 is 13.9 Å². The van der Waals surface area contributed by atoms with E-state index in [0.29, 0.717) is 23.2 Å². The maximum Gasteiger partial charge on any atom is 0.262 e. The van der Waals surface area contributed by atoms with E-state index in [0.717, 1.165) is 28.6 Å². The van der Waals surface area contributed by atoms with Gasteiger partial charge in [0, 0.05) is 11.3 Å². The smallest absolute Gasteiger partial charge is 0.262 e. The molecule has 31 heavy (non-hydrogen) atoms. The maximum absolute atomic E-state index is 12.2. The van der Waals surface area contributed by atoms with E-state index < -0.39 is 0 Å². The van der Waals surface area contributed by atoms with E-state index in [2.05, 4.69) is 36.3 Å². The van der Waals surface area contributed by atoms with Gasteiger partial charge in [-0.05, 0) is 78.9 Å². The molecule has 1 N–H and O–H groups in total. The molecule has 0 unspecified atom stereocenters. The number of nitrogens with one attached hydrogen (secondary N) is 1. The van der Waals surface area contributed by atoms with E-state index in [9.17, 15) is 4.79 Å². The molecule has 5 heteroatoms. The highest BCUT2D eigenvalue weighted by Crippen LogP contribution is 2.28. The third kappa shape index (κ3) is 4.94. The minimum absolute atomic E-state index is 0.0468. The van der Waals surface area contributed by atoms with Crippen LogP contribution in [0.1, 0.15) is 37.3 Å². The van der Waals surface area contributed by atoms with E-state index in [4.69, 9.17) is 9.15 Å². The van der Waals surface area contributed by atoms with Gasteiger partial charge in [0.2, 0.25) is 5.89 Å². The Kier molecular flexibility index (Phi) is 6.03. The minimum Gasteiger partial charge on any atom is -0.484 e. The lowest BCUT2D eigenvalue weighted by Gasteiger charge is -2.08. The van der Waals surface area contributed by atoms with Crippen molar-refractivity contribution in [2.75, 3.05) is 11.9 Å². The molecule has 5 nitrogen and oxygen atoms in total. The number of aromatic nitrogens is 1. The Hall–Kier alpha value is -3.60. The average Bonchev–Trinajstić information content (AvgIpc) is 3.21. The Morgan fingerprint density at radius 1 is 1.10 bits per heavy atom. The van der Waals surface area contributed by atoms with Gasteiger partial charge in [-0.2, -0.15) is 0 Å². The van der Waals surface area contributed by atoms with Crippen LogP contribution in [0.5, 0.6) is 5.75 Å². The van der Waals surface area contributed by atoms with Crippen molar-refractivity contribution in [3.63, 3.8) is 0 Å². The number of ether oxygens (including phenoxy) is 1. The highest BCUT2D eigenvalue weighted by Gasteiger charge is 2.11. The van der Waals surface area contributed by atoms with Crippen LogP contribution in [0.2, 0.25) is 0 Å². The van der Waals surface area contributed by atoms with Crippen LogP contribution < -0.4 is 10.1 Å². The maximum atomic E-state index is 12.2. The molecular weight excluding hydrogens is 388 g/mol. The fraction of sp³-hybridized carbons (Fsp3) is 0.231. The molecule has 0 aliphatic rings. The topological polar surface area (TPSA) is 64.4 Å². The van der Waals surface area contributed by atoms with Gasteiger partial charge in [0.15, 0.2) is 12.2 Å². The highest BCUT2D eigenvalue weighted by molar-refractivity contribution is 5.92. The molecule has 0 saturated heterocycles. The first kappa shape index (κ1) is 20.7. The van der Waals surface area contributed by atoms with Crippen molar-refractivity contribution in [2.45, 2.75) is 33.1 Å². The summed E-state index contributed by atoms with van der Waals surface area (Å²) >= 11 is 0. The van der Waals surface area contributed by atoms with Crippen molar-refractivity contribution in [1.29, 1.82) is 0 Å². The van der Waals surface area contributed by atoms with Gasteiger partial charge in [0.1, 0.15) is 11.3 Å². The van der Waals surface area contributed by atoms with Crippen LogP contribution in [-0.4, -0.2) is 17.5 Å². The van der Waals surface area contributed by atoms with Crippen molar-refractivity contribution >= 4 is 22.7 Å². The van der Waals surface area contributed by atoms with Crippen molar-refractivity contribution in [2.24, 2.45) is 0 Å². The summed E-state index contributed by atoms with van der Waals surface area (Å²) in [6.45, 7) is 6.32. The van der Waals surface area contributed by atoms with Crippen LogP contribution in [0, 0.1) is 6.92 Å². The summed E-state index contributed by atoms with van der Waals surface area (Å²) in [5.41, 5.74) is 5.53. The second-order valence-electron chi connectivity index (χ2n) is 7.79. The van der Waals surface area contributed by atoms with Crippen LogP contribution in [0.25, 0.3) is 22.6 Å². The van der Waals surface area contributed by atoms with Crippen LogP contribution in [0.15, 0.2) is 71.1 Å². The summed E-state index contributed by atoms with van der Waals surface area (Å²) in [6, 6.07) is 21.2. The lowest BCUT2D eigenvalue weighted by Crippen LogP contribution is -2.20. The van der Waals surface area contributed by atoms with Gasteiger partial charge in [-0.1, -0.05) is 32.0 Å². The first-order chi connectivity index (χ1) is 15.0. The quantitative estimate of drug-likeness (QED) is 0.383. The predicted octanol–water partition coefficient (Wildman–Crippen LogP) is 6.33. The van der Waals surface area contributed by atoms with Gasteiger partial charge in [-0.3, -0.25) is 4.79 Å². The third-order valence-electron chi connectivity index (χ3n) is 5.37. The van der Waals surface area contributed by atoms with E-state index in [1.165, 1.54) is 5.56 Å². The number of fused-ring (bicyclic) bond motifs is 1. The summed E-state index contributed by atoms with van der Waals surface area (Å²) in [6.07, 6.45) is 1.08. The molecule has 1 aromatic heterocycles. The summed E-state index contributed by atoms with van der Waals surface area (Å²) in [5, 5.41) is 2.84. The highest BCUT2D eigenvalue weighted by atomic mass is 16.5. The molecule has 158 valence electrons. The first-order valence-electron chi connectivity index (χ1n) is 10.5. The molecular formula is C26H26N2O3. The number of hydrogen-bond acceptors (Lipinski definition) is 4. The van der Waals surface area contributed by atoms with Crippen LogP contribution in [-0.2, 0) is 4.79 Å². The summed E-state index contributed by atoms with van der Waals surface area (Å²) in [5.74, 6) is 1.52. The molecule has 0 aliphatic carbocycles. The molecule has 3 aromatic carbocycles. The second kappa shape index (κ2) is 9.04. The molecule has 4 rings (SSSR count). The normalized spacial score (nSPS) is 12.0. The van der Waals surface area contributed by atoms with Crippen molar-refractivity contribution in [3.8, 4) is 17.2 Å². The Labute approximate surface area is 182 Å². The number of anilines is 1. The summed E-state index contributed by atoms with van der Waals surface area (Å²) in [7, 11) is 0. The largest absolute Gasteiger partial charge is 0.484 e. The number of hydrogen-bond donors (Lipinski definition) is 1. The standard InChI is InChI=1S/C26H26N2O3/c1-4-18(3)20-10-13-24-23(15-20)28-26(31-24)19-8-11-21(12-9-19)27-25(29)16-30-22-7-5-6-17(2)14-22/h5-15,18H,4,16H2,1-3H3,(H,27,29)/t18-/m1/s1. The Morgan fingerprint density at radius 3 is 2.65 bits per heavy atom. The zero-order chi connectivity index (χ0) is 21.8. The van der Waals surface area contributed by atoms with Crippen LogP contribution in [0.3, 0.4) is 0 Å². The van der Waals surface area contributed by atoms with Crippen LogP contribution >= 0.6 is 0 Å². The first-order valence-corrected chi connectivity index (χ1v) is 10.5. The molecule has 1 atom stereocenters. The number of rotatable bonds is 7. The minimum atomic E-state index is -0.214. The number of carbonyl (C=O) groups is 1. The summed E-state index contributed by atoms with van der Waals surface area (Å²) in [4.78, 5) is 16.8. The fourth-order valence-electron chi connectivity index (χ4n) is 3.36. The molecule has 1 amide bonds. The molecule has 1 heterocycles. The number of nitrogens with zero attached hydrogens (tertiary/aromatic N) is 1.